The lowest BCUT2D eigenvalue weighted by atomic mass is 10.0. The molecule has 86 valence electrons. The van der Waals surface area contributed by atoms with E-state index in [-0.39, 0.29) is 0 Å². The van der Waals surface area contributed by atoms with Gasteiger partial charge in [-0.2, -0.15) is 0 Å². The number of allylic oxidation sites excluding steroid dienone is 1. The summed E-state index contributed by atoms with van der Waals surface area (Å²) < 4.78 is 6.51. The van der Waals surface area contributed by atoms with Crippen molar-refractivity contribution in [1.82, 2.24) is 0 Å². The van der Waals surface area contributed by atoms with Gasteiger partial charge in [0.1, 0.15) is 11.9 Å². The second kappa shape index (κ2) is 5.02. The highest BCUT2D eigenvalue weighted by Crippen LogP contribution is 2.29. The molecule has 0 amide bonds. The van der Waals surface area contributed by atoms with Crippen molar-refractivity contribution in [3.63, 3.8) is 0 Å². The quantitative estimate of drug-likeness (QED) is 0.900. The number of ether oxygens (including phenoxy) is 1. The van der Waals surface area contributed by atoms with E-state index in [1.165, 1.54) is 0 Å². The first-order valence-corrected chi connectivity index (χ1v) is 6.25. The fourth-order valence-electron chi connectivity index (χ4n) is 1.87. The summed E-state index contributed by atoms with van der Waals surface area (Å²) in [6, 6.07) is 5.87. The third-order valence-corrected chi connectivity index (χ3v) is 3.25. The minimum absolute atomic E-state index is 0.631. The zero-order chi connectivity index (χ0) is 11.5. The lowest BCUT2D eigenvalue weighted by Crippen LogP contribution is -2.10. The first kappa shape index (κ1) is 11.7. The minimum Gasteiger partial charge on any atom is -0.495 e. The van der Waals surface area contributed by atoms with Crippen molar-refractivity contribution in [2.75, 3.05) is 6.61 Å². The molecule has 1 aliphatic rings. The van der Waals surface area contributed by atoms with Gasteiger partial charge in [-0.05, 0) is 49.1 Å². The molecule has 2 nitrogen and oxygen atoms in total. The average Bonchev–Trinajstić information content (AvgIpc) is 2.29. The molecular weight excluding hydrogens is 268 g/mol. The largest absolute Gasteiger partial charge is 0.495 e. The first-order chi connectivity index (χ1) is 7.68. The highest BCUT2D eigenvalue weighted by Gasteiger charge is 2.18. The number of aliphatic hydroxyl groups excluding tert-OH is 1. The molecule has 1 aromatic rings. The Labute approximate surface area is 104 Å². The molecular formula is C13H15BrO2. The molecule has 1 N–H and O–H groups in total. The molecule has 0 saturated carbocycles. The van der Waals surface area contributed by atoms with E-state index in [0.29, 0.717) is 12.4 Å². The molecule has 16 heavy (non-hydrogen) atoms. The van der Waals surface area contributed by atoms with Crippen LogP contribution in [-0.4, -0.2) is 11.7 Å². The Morgan fingerprint density at radius 3 is 2.88 bits per heavy atom. The van der Waals surface area contributed by atoms with Crippen LogP contribution in [0, 0.1) is 6.92 Å². The van der Waals surface area contributed by atoms with E-state index in [2.05, 4.69) is 15.9 Å². The van der Waals surface area contributed by atoms with Crippen molar-refractivity contribution >= 4 is 15.9 Å². The minimum atomic E-state index is -0.631. The van der Waals surface area contributed by atoms with Crippen molar-refractivity contribution < 1.29 is 9.84 Å². The van der Waals surface area contributed by atoms with E-state index in [4.69, 9.17) is 4.74 Å². The molecule has 1 atom stereocenters. The molecule has 1 aliphatic heterocycles. The number of hydrogen-bond acceptors (Lipinski definition) is 2. The third-order valence-electron chi connectivity index (χ3n) is 2.76. The molecule has 0 aliphatic carbocycles. The Bertz CT molecular complexity index is 412. The molecule has 2 rings (SSSR count). The van der Waals surface area contributed by atoms with Gasteiger partial charge < -0.3 is 9.84 Å². The maximum absolute atomic E-state index is 10.2. The van der Waals surface area contributed by atoms with Gasteiger partial charge >= 0.3 is 0 Å². The summed E-state index contributed by atoms with van der Waals surface area (Å²) in [5.74, 6) is 0.691. The van der Waals surface area contributed by atoms with Crippen LogP contribution in [0.4, 0.5) is 0 Å². The molecule has 0 fully saturated rings. The van der Waals surface area contributed by atoms with Crippen LogP contribution in [0.25, 0.3) is 0 Å². The molecule has 0 radical (unpaired) electrons. The van der Waals surface area contributed by atoms with Crippen molar-refractivity contribution in [3.05, 3.63) is 45.6 Å². The van der Waals surface area contributed by atoms with E-state index >= 15 is 0 Å². The standard InChI is InChI=1S/C13H15BrO2/c1-9-8-10(14)5-6-11(9)13(15)12-4-2-3-7-16-12/h4-6,8,13,15H,2-3,7H2,1H3. The monoisotopic (exact) mass is 282 g/mol. The molecule has 0 bridgehead atoms. The summed E-state index contributed by atoms with van der Waals surface area (Å²) in [6.07, 6.45) is 3.38. The Kier molecular flexibility index (Phi) is 3.66. The number of aryl methyl sites for hydroxylation is 1. The van der Waals surface area contributed by atoms with Crippen LogP contribution in [-0.2, 0) is 4.74 Å². The number of halogens is 1. The lowest BCUT2D eigenvalue weighted by molar-refractivity contribution is 0.0914. The van der Waals surface area contributed by atoms with Crippen LogP contribution in [0.15, 0.2) is 34.5 Å². The highest BCUT2D eigenvalue weighted by molar-refractivity contribution is 9.10. The van der Waals surface area contributed by atoms with E-state index in [0.717, 1.165) is 28.4 Å². The number of hydrogen-bond donors (Lipinski definition) is 1. The average molecular weight is 283 g/mol. The highest BCUT2D eigenvalue weighted by atomic mass is 79.9. The van der Waals surface area contributed by atoms with Gasteiger partial charge in [0.15, 0.2) is 0 Å². The summed E-state index contributed by atoms with van der Waals surface area (Å²) in [6.45, 7) is 2.70. The number of aliphatic hydroxyl groups is 1. The van der Waals surface area contributed by atoms with Gasteiger partial charge in [-0.15, -0.1) is 0 Å². The van der Waals surface area contributed by atoms with Gasteiger partial charge in [0, 0.05) is 4.47 Å². The van der Waals surface area contributed by atoms with E-state index in [1.54, 1.807) is 0 Å². The summed E-state index contributed by atoms with van der Waals surface area (Å²) in [7, 11) is 0. The molecule has 1 unspecified atom stereocenters. The molecule has 0 saturated heterocycles. The van der Waals surface area contributed by atoms with Crippen LogP contribution in [0.1, 0.15) is 30.1 Å². The molecule has 1 heterocycles. The van der Waals surface area contributed by atoms with E-state index < -0.39 is 6.10 Å². The maximum Gasteiger partial charge on any atom is 0.136 e. The predicted molar refractivity (Wildman–Crippen MR) is 67.1 cm³/mol. The molecule has 0 spiro atoms. The van der Waals surface area contributed by atoms with Gasteiger partial charge in [-0.1, -0.05) is 22.0 Å². The Morgan fingerprint density at radius 2 is 2.25 bits per heavy atom. The third kappa shape index (κ3) is 2.47. The van der Waals surface area contributed by atoms with Crippen LogP contribution >= 0.6 is 15.9 Å². The predicted octanol–water partition coefficient (Wildman–Crippen LogP) is 3.49. The van der Waals surface area contributed by atoms with Gasteiger partial charge in [0.2, 0.25) is 0 Å². The summed E-state index contributed by atoms with van der Waals surface area (Å²) in [4.78, 5) is 0. The zero-order valence-electron chi connectivity index (χ0n) is 9.24. The maximum atomic E-state index is 10.2. The number of benzene rings is 1. The van der Waals surface area contributed by atoms with Gasteiger partial charge in [0.25, 0.3) is 0 Å². The van der Waals surface area contributed by atoms with Crippen molar-refractivity contribution in [2.24, 2.45) is 0 Å². The number of rotatable bonds is 2. The fraction of sp³-hybridized carbons (Fsp3) is 0.385. The summed E-state index contributed by atoms with van der Waals surface area (Å²) in [5.41, 5.74) is 1.98. The van der Waals surface area contributed by atoms with Crippen molar-refractivity contribution in [1.29, 1.82) is 0 Å². The van der Waals surface area contributed by atoms with E-state index in [1.807, 2.05) is 31.2 Å². The van der Waals surface area contributed by atoms with Gasteiger partial charge in [-0.3, -0.25) is 0 Å². The normalized spacial score (nSPS) is 17.6. The smallest absolute Gasteiger partial charge is 0.136 e. The Hall–Kier alpha value is -0.800. The molecule has 3 heteroatoms. The van der Waals surface area contributed by atoms with Gasteiger partial charge in [0.05, 0.1) is 6.61 Å². The molecule has 0 aromatic heterocycles. The summed E-state index contributed by atoms with van der Waals surface area (Å²) >= 11 is 3.41. The van der Waals surface area contributed by atoms with Crippen LogP contribution in [0.2, 0.25) is 0 Å². The van der Waals surface area contributed by atoms with Crippen molar-refractivity contribution in [2.45, 2.75) is 25.9 Å². The second-order valence-electron chi connectivity index (χ2n) is 4.00. The topological polar surface area (TPSA) is 29.5 Å². The Balaban J connectivity index is 2.26. The van der Waals surface area contributed by atoms with Crippen LogP contribution in [0.3, 0.4) is 0 Å². The molecule has 1 aromatic carbocycles. The Morgan fingerprint density at radius 1 is 1.44 bits per heavy atom. The van der Waals surface area contributed by atoms with Crippen molar-refractivity contribution in [3.8, 4) is 0 Å². The van der Waals surface area contributed by atoms with E-state index in [9.17, 15) is 5.11 Å². The first-order valence-electron chi connectivity index (χ1n) is 5.45. The zero-order valence-corrected chi connectivity index (χ0v) is 10.8. The lowest BCUT2D eigenvalue weighted by Gasteiger charge is -2.21. The second-order valence-corrected chi connectivity index (χ2v) is 4.92. The fourth-order valence-corrected chi connectivity index (χ4v) is 2.34. The summed E-state index contributed by atoms with van der Waals surface area (Å²) in [5, 5.41) is 10.2. The van der Waals surface area contributed by atoms with Crippen LogP contribution < -0.4 is 0 Å². The van der Waals surface area contributed by atoms with Gasteiger partial charge in [-0.25, -0.2) is 0 Å². The van der Waals surface area contributed by atoms with Crippen LogP contribution in [0.5, 0.6) is 0 Å². The SMILES string of the molecule is Cc1cc(Br)ccc1C(O)C1=CCCCO1.